The van der Waals surface area contributed by atoms with Gasteiger partial charge in [0.05, 0.1) is 18.5 Å². The summed E-state index contributed by atoms with van der Waals surface area (Å²) in [6, 6.07) is 9.95. The van der Waals surface area contributed by atoms with E-state index in [-0.39, 0.29) is 11.9 Å². The minimum atomic E-state index is 0.125. The molecule has 1 atom stereocenters. The number of hydrogen-bond acceptors (Lipinski definition) is 7. The SMILES string of the molecule is COc1cccc(-c2nc3sccn3c2-c2ccnc(N[C@@H]3CCCN(C(=O)CC(C)C)C3)n2)c1. The first-order valence-electron chi connectivity index (χ1n) is 12.0. The summed E-state index contributed by atoms with van der Waals surface area (Å²) in [5.41, 5.74) is 3.52. The maximum absolute atomic E-state index is 12.6. The fraction of sp³-hybridized carbons (Fsp3) is 0.385. The van der Waals surface area contributed by atoms with Crippen molar-refractivity contribution in [2.45, 2.75) is 39.2 Å². The van der Waals surface area contributed by atoms with E-state index < -0.39 is 0 Å². The molecule has 0 aliphatic carbocycles. The van der Waals surface area contributed by atoms with Gasteiger partial charge in [-0.05, 0) is 37.0 Å². The number of carbonyl (C=O) groups is 1. The zero-order valence-electron chi connectivity index (χ0n) is 20.3. The Morgan fingerprint density at radius 1 is 1.29 bits per heavy atom. The topological polar surface area (TPSA) is 84.7 Å². The van der Waals surface area contributed by atoms with Crippen LogP contribution >= 0.6 is 11.3 Å². The van der Waals surface area contributed by atoms with Crippen molar-refractivity contribution in [3.05, 3.63) is 48.1 Å². The van der Waals surface area contributed by atoms with E-state index in [2.05, 4.69) is 28.5 Å². The van der Waals surface area contributed by atoms with E-state index in [1.807, 2.05) is 46.8 Å². The Bertz CT molecular complexity index is 1330. The van der Waals surface area contributed by atoms with E-state index in [0.29, 0.717) is 24.8 Å². The van der Waals surface area contributed by atoms with Crippen molar-refractivity contribution in [2.24, 2.45) is 5.92 Å². The molecular formula is C26H30N6O2S. The van der Waals surface area contributed by atoms with Crippen LogP contribution in [0.15, 0.2) is 48.1 Å². The lowest BCUT2D eigenvalue weighted by atomic mass is 10.0. The highest BCUT2D eigenvalue weighted by atomic mass is 32.1. The summed E-state index contributed by atoms with van der Waals surface area (Å²) in [6.07, 6.45) is 6.33. The van der Waals surface area contributed by atoms with Crippen molar-refractivity contribution < 1.29 is 9.53 Å². The van der Waals surface area contributed by atoms with Gasteiger partial charge in [0, 0.05) is 48.9 Å². The Morgan fingerprint density at radius 3 is 3.00 bits per heavy atom. The zero-order valence-corrected chi connectivity index (χ0v) is 21.1. The highest BCUT2D eigenvalue weighted by Gasteiger charge is 2.25. The van der Waals surface area contributed by atoms with E-state index >= 15 is 0 Å². The van der Waals surface area contributed by atoms with Crippen LogP contribution in [0.2, 0.25) is 0 Å². The van der Waals surface area contributed by atoms with Crippen molar-refractivity contribution in [1.29, 1.82) is 0 Å². The van der Waals surface area contributed by atoms with Gasteiger partial charge in [0.25, 0.3) is 0 Å². The van der Waals surface area contributed by atoms with Crippen LogP contribution in [0, 0.1) is 5.92 Å². The maximum atomic E-state index is 12.6. The molecule has 1 N–H and O–H groups in total. The van der Waals surface area contributed by atoms with Crippen molar-refractivity contribution in [3.8, 4) is 28.4 Å². The molecule has 0 spiro atoms. The van der Waals surface area contributed by atoms with E-state index in [1.165, 1.54) is 0 Å². The molecule has 9 heteroatoms. The summed E-state index contributed by atoms with van der Waals surface area (Å²) in [5.74, 6) is 1.93. The van der Waals surface area contributed by atoms with Crippen molar-refractivity contribution in [3.63, 3.8) is 0 Å². The molecule has 8 nitrogen and oxygen atoms in total. The molecule has 4 heterocycles. The predicted molar refractivity (Wildman–Crippen MR) is 139 cm³/mol. The van der Waals surface area contributed by atoms with Crippen LogP contribution in [0.4, 0.5) is 5.95 Å². The number of piperidine rings is 1. The molecule has 4 aromatic rings. The number of nitrogens with one attached hydrogen (secondary N) is 1. The minimum Gasteiger partial charge on any atom is -0.497 e. The van der Waals surface area contributed by atoms with Crippen LogP contribution < -0.4 is 10.1 Å². The van der Waals surface area contributed by atoms with Crippen molar-refractivity contribution >= 4 is 28.2 Å². The highest BCUT2D eigenvalue weighted by molar-refractivity contribution is 7.15. The number of rotatable bonds is 7. The highest BCUT2D eigenvalue weighted by Crippen LogP contribution is 2.35. The third-order valence-electron chi connectivity index (χ3n) is 6.19. The van der Waals surface area contributed by atoms with E-state index in [9.17, 15) is 4.79 Å². The number of fused-ring (bicyclic) bond motifs is 1. The lowest BCUT2D eigenvalue weighted by molar-refractivity contribution is -0.133. The predicted octanol–water partition coefficient (Wildman–Crippen LogP) is 4.98. The molecule has 1 fully saturated rings. The van der Waals surface area contributed by atoms with Gasteiger partial charge >= 0.3 is 0 Å². The molecular weight excluding hydrogens is 460 g/mol. The van der Waals surface area contributed by atoms with Crippen LogP contribution in [0.1, 0.15) is 33.1 Å². The standard InChI is InChI=1S/C26H30N6O2S/c1-17(2)14-22(33)31-11-5-7-19(16-31)28-25-27-10-9-21(29-25)24-23(30-26-32(24)12-13-35-26)18-6-4-8-20(15-18)34-3/h4,6,8-10,12-13,15,17,19H,5,7,11,14,16H2,1-3H3,(H,27,28,29)/t19-/m1/s1. The fourth-order valence-electron chi connectivity index (χ4n) is 4.54. The number of likely N-dealkylation sites (tertiary alicyclic amines) is 1. The third-order valence-corrected chi connectivity index (χ3v) is 6.95. The Morgan fingerprint density at radius 2 is 2.17 bits per heavy atom. The summed E-state index contributed by atoms with van der Waals surface area (Å²) in [5, 5.41) is 5.50. The lowest BCUT2D eigenvalue weighted by Crippen LogP contribution is -2.45. The number of ether oxygens (including phenoxy) is 1. The summed E-state index contributed by atoms with van der Waals surface area (Å²) < 4.78 is 7.50. The van der Waals surface area contributed by atoms with E-state index in [1.54, 1.807) is 24.6 Å². The summed E-state index contributed by atoms with van der Waals surface area (Å²) >= 11 is 1.59. The van der Waals surface area contributed by atoms with Gasteiger partial charge in [-0.3, -0.25) is 9.20 Å². The number of aromatic nitrogens is 4. The lowest BCUT2D eigenvalue weighted by Gasteiger charge is -2.33. The van der Waals surface area contributed by atoms with Crippen LogP contribution in [0.25, 0.3) is 27.6 Å². The number of imidazole rings is 1. The first-order valence-corrected chi connectivity index (χ1v) is 12.9. The zero-order chi connectivity index (χ0) is 24.4. The number of carbonyl (C=O) groups excluding carboxylic acids is 1. The number of anilines is 1. The van der Waals surface area contributed by atoms with Crippen LogP contribution in [0.3, 0.4) is 0 Å². The molecule has 0 unspecified atom stereocenters. The second-order valence-electron chi connectivity index (χ2n) is 9.28. The Balaban J connectivity index is 1.43. The number of benzene rings is 1. The molecule has 182 valence electrons. The second-order valence-corrected chi connectivity index (χ2v) is 10.2. The van der Waals surface area contributed by atoms with Gasteiger partial charge in [-0.1, -0.05) is 26.0 Å². The van der Waals surface area contributed by atoms with Crippen LogP contribution in [0.5, 0.6) is 5.75 Å². The van der Waals surface area contributed by atoms with Gasteiger partial charge in [-0.2, -0.15) is 0 Å². The van der Waals surface area contributed by atoms with Crippen LogP contribution in [-0.2, 0) is 4.79 Å². The molecule has 35 heavy (non-hydrogen) atoms. The van der Waals surface area contributed by atoms with Crippen LogP contribution in [-0.4, -0.2) is 56.4 Å². The normalized spacial score (nSPS) is 16.1. The average molecular weight is 491 g/mol. The summed E-state index contributed by atoms with van der Waals surface area (Å²) in [4.78, 5) is 29.7. The first-order chi connectivity index (χ1) is 17.0. The van der Waals surface area contributed by atoms with E-state index in [4.69, 9.17) is 14.7 Å². The number of amides is 1. The van der Waals surface area contributed by atoms with Gasteiger partial charge in [-0.15, -0.1) is 11.3 Å². The largest absolute Gasteiger partial charge is 0.497 e. The smallest absolute Gasteiger partial charge is 0.223 e. The Labute approximate surface area is 209 Å². The maximum Gasteiger partial charge on any atom is 0.223 e. The molecule has 1 aliphatic rings. The number of nitrogens with zero attached hydrogens (tertiary/aromatic N) is 5. The Hall–Kier alpha value is -3.46. The third kappa shape index (κ3) is 5.00. The summed E-state index contributed by atoms with van der Waals surface area (Å²) in [6.45, 7) is 5.66. The second kappa shape index (κ2) is 10.0. The van der Waals surface area contributed by atoms with Gasteiger partial charge < -0.3 is 15.0 Å². The molecule has 5 rings (SSSR count). The Kier molecular flexibility index (Phi) is 6.68. The molecule has 0 saturated carbocycles. The van der Waals surface area contributed by atoms with E-state index in [0.717, 1.165) is 52.7 Å². The fourth-order valence-corrected chi connectivity index (χ4v) is 5.26. The molecule has 0 radical (unpaired) electrons. The summed E-state index contributed by atoms with van der Waals surface area (Å²) in [7, 11) is 1.66. The quantitative estimate of drug-likeness (QED) is 0.393. The van der Waals surface area contributed by atoms with Gasteiger partial charge in [0.15, 0.2) is 4.96 Å². The number of thiazole rings is 1. The van der Waals surface area contributed by atoms with Gasteiger partial charge in [-0.25, -0.2) is 15.0 Å². The molecule has 1 amide bonds. The first kappa shape index (κ1) is 23.3. The molecule has 0 bridgehead atoms. The van der Waals surface area contributed by atoms with Gasteiger partial charge in [0.2, 0.25) is 11.9 Å². The minimum absolute atomic E-state index is 0.125. The number of hydrogen-bond donors (Lipinski definition) is 1. The average Bonchev–Trinajstić information content (AvgIpc) is 3.45. The molecule has 1 saturated heterocycles. The van der Waals surface area contributed by atoms with Gasteiger partial charge in [0.1, 0.15) is 11.4 Å². The monoisotopic (exact) mass is 490 g/mol. The van der Waals surface area contributed by atoms with Crippen molar-refractivity contribution in [2.75, 3.05) is 25.5 Å². The molecule has 1 aromatic carbocycles. The number of methoxy groups -OCH3 is 1. The van der Waals surface area contributed by atoms with Crippen molar-refractivity contribution in [1.82, 2.24) is 24.3 Å². The molecule has 3 aromatic heterocycles. The molecule has 1 aliphatic heterocycles.